The number of halogens is 1. The fourth-order valence-corrected chi connectivity index (χ4v) is 2.76. The third kappa shape index (κ3) is 4.73. The summed E-state index contributed by atoms with van der Waals surface area (Å²) < 4.78 is 21.0. The van der Waals surface area contributed by atoms with Gasteiger partial charge in [-0.1, -0.05) is 11.6 Å². The van der Waals surface area contributed by atoms with E-state index in [1.807, 2.05) is 12.1 Å². The summed E-state index contributed by atoms with van der Waals surface area (Å²) >= 11 is 6.07. The molecular formula is C19H22ClNO5. The van der Waals surface area contributed by atoms with Crippen LogP contribution in [0.25, 0.3) is 0 Å². The van der Waals surface area contributed by atoms with E-state index in [1.54, 1.807) is 39.5 Å². The van der Waals surface area contributed by atoms with E-state index < -0.39 is 0 Å². The molecule has 0 aromatic heterocycles. The summed E-state index contributed by atoms with van der Waals surface area (Å²) in [7, 11) is 6.20. The number of rotatable bonds is 8. The highest BCUT2D eigenvalue weighted by atomic mass is 35.5. The first-order chi connectivity index (χ1) is 12.5. The number of aryl methyl sites for hydroxylation is 1. The van der Waals surface area contributed by atoms with Crippen LogP contribution < -0.4 is 24.3 Å². The van der Waals surface area contributed by atoms with Gasteiger partial charge in [-0.3, -0.25) is 4.79 Å². The Morgan fingerprint density at radius 2 is 1.54 bits per heavy atom. The van der Waals surface area contributed by atoms with Crippen molar-refractivity contribution in [2.24, 2.45) is 0 Å². The van der Waals surface area contributed by atoms with Gasteiger partial charge in [0.05, 0.1) is 33.5 Å². The highest BCUT2D eigenvalue weighted by molar-refractivity contribution is 6.32. The van der Waals surface area contributed by atoms with Crippen molar-refractivity contribution in [3.05, 3.63) is 40.9 Å². The highest BCUT2D eigenvalue weighted by Gasteiger charge is 2.14. The first kappa shape index (κ1) is 19.7. The van der Waals surface area contributed by atoms with Crippen LogP contribution in [0.1, 0.15) is 12.0 Å². The van der Waals surface area contributed by atoms with Crippen molar-refractivity contribution in [1.82, 2.24) is 0 Å². The predicted octanol–water partition coefficient (Wildman–Crippen LogP) is 3.95. The van der Waals surface area contributed by atoms with Gasteiger partial charge in [-0.15, -0.1) is 0 Å². The molecule has 2 aromatic carbocycles. The molecule has 0 saturated heterocycles. The quantitative estimate of drug-likeness (QED) is 0.752. The Kier molecular flexibility index (Phi) is 6.97. The molecule has 0 aliphatic rings. The largest absolute Gasteiger partial charge is 0.495 e. The molecule has 1 N–H and O–H groups in total. The molecule has 0 saturated carbocycles. The van der Waals surface area contributed by atoms with E-state index in [4.69, 9.17) is 30.5 Å². The second-order valence-corrected chi connectivity index (χ2v) is 5.84. The number of carbonyl (C=O) groups is 1. The summed E-state index contributed by atoms with van der Waals surface area (Å²) in [6.45, 7) is 0. The van der Waals surface area contributed by atoms with Crippen molar-refractivity contribution < 1.29 is 23.7 Å². The van der Waals surface area contributed by atoms with E-state index in [2.05, 4.69) is 5.32 Å². The van der Waals surface area contributed by atoms with Crippen molar-refractivity contribution in [3.63, 3.8) is 0 Å². The Morgan fingerprint density at radius 3 is 2.04 bits per heavy atom. The molecule has 0 unspecified atom stereocenters. The molecule has 6 nitrogen and oxygen atoms in total. The zero-order valence-electron chi connectivity index (χ0n) is 15.2. The molecule has 0 radical (unpaired) electrons. The number of carbonyl (C=O) groups excluding carboxylic acids is 1. The van der Waals surface area contributed by atoms with Gasteiger partial charge < -0.3 is 24.3 Å². The van der Waals surface area contributed by atoms with Gasteiger partial charge in [0.25, 0.3) is 0 Å². The van der Waals surface area contributed by atoms with Crippen LogP contribution in [0, 0.1) is 0 Å². The maximum Gasteiger partial charge on any atom is 0.224 e. The fraction of sp³-hybridized carbons (Fsp3) is 0.316. The maximum atomic E-state index is 12.2. The fourth-order valence-electron chi connectivity index (χ4n) is 2.51. The molecule has 7 heteroatoms. The smallest absolute Gasteiger partial charge is 0.224 e. The summed E-state index contributed by atoms with van der Waals surface area (Å²) in [6.07, 6.45) is 0.814. The highest BCUT2D eigenvalue weighted by Crippen LogP contribution is 2.38. The SMILES string of the molecule is COc1ccc(NC(=O)CCc2cc(OC)c(OC)c(OC)c2)cc1Cl. The summed E-state index contributed by atoms with van der Waals surface area (Å²) in [4.78, 5) is 12.2. The lowest BCUT2D eigenvalue weighted by Crippen LogP contribution is -2.12. The van der Waals surface area contributed by atoms with Gasteiger partial charge in [0.2, 0.25) is 11.7 Å². The Morgan fingerprint density at radius 1 is 0.923 bits per heavy atom. The molecule has 0 spiro atoms. The lowest BCUT2D eigenvalue weighted by atomic mass is 10.1. The van der Waals surface area contributed by atoms with E-state index in [1.165, 1.54) is 7.11 Å². The van der Waals surface area contributed by atoms with Gasteiger partial charge in [-0.25, -0.2) is 0 Å². The molecule has 0 bridgehead atoms. The standard InChI is InChI=1S/C19H22ClNO5/c1-23-15-7-6-13(11-14(15)20)21-18(22)8-5-12-9-16(24-2)19(26-4)17(10-12)25-3/h6-7,9-11H,5,8H2,1-4H3,(H,21,22). The van der Waals surface area contributed by atoms with Crippen molar-refractivity contribution in [2.75, 3.05) is 33.8 Å². The summed E-state index contributed by atoms with van der Waals surface area (Å²) in [5, 5.41) is 3.26. The van der Waals surface area contributed by atoms with E-state index in [0.29, 0.717) is 46.5 Å². The Balaban J connectivity index is 2.04. The first-order valence-corrected chi connectivity index (χ1v) is 8.32. The maximum absolute atomic E-state index is 12.2. The predicted molar refractivity (Wildman–Crippen MR) is 101 cm³/mol. The number of hydrogen-bond donors (Lipinski definition) is 1. The Labute approximate surface area is 158 Å². The first-order valence-electron chi connectivity index (χ1n) is 7.94. The molecule has 0 aliphatic carbocycles. The van der Waals surface area contributed by atoms with Crippen LogP contribution in [0.15, 0.2) is 30.3 Å². The lowest BCUT2D eigenvalue weighted by Gasteiger charge is -2.14. The van der Waals surface area contributed by atoms with Crippen molar-refractivity contribution in [3.8, 4) is 23.0 Å². The van der Waals surface area contributed by atoms with Crippen molar-refractivity contribution in [1.29, 1.82) is 0 Å². The average Bonchev–Trinajstić information content (AvgIpc) is 2.65. The van der Waals surface area contributed by atoms with Gasteiger partial charge in [-0.05, 0) is 42.3 Å². The molecule has 26 heavy (non-hydrogen) atoms. The number of anilines is 1. The molecule has 1 amide bonds. The molecule has 2 rings (SSSR count). The normalized spacial score (nSPS) is 10.2. The molecule has 0 atom stereocenters. The van der Waals surface area contributed by atoms with E-state index in [-0.39, 0.29) is 5.91 Å². The summed E-state index contributed by atoms with van der Waals surface area (Å²) in [6, 6.07) is 8.76. The monoisotopic (exact) mass is 379 g/mol. The molecule has 0 fully saturated rings. The van der Waals surface area contributed by atoms with Crippen LogP contribution in [0.5, 0.6) is 23.0 Å². The minimum Gasteiger partial charge on any atom is -0.495 e. The van der Waals surface area contributed by atoms with Gasteiger partial charge in [0.15, 0.2) is 11.5 Å². The van der Waals surface area contributed by atoms with Crippen molar-refractivity contribution >= 4 is 23.2 Å². The third-order valence-electron chi connectivity index (χ3n) is 3.80. The van der Waals surface area contributed by atoms with E-state index >= 15 is 0 Å². The average molecular weight is 380 g/mol. The number of hydrogen-bond acceptors (Lipinski definition) is 5. The Hall–Kier alpha value is -2.60. The summed E-state index contributed by atoms with van der Waals surface area (Å²) in [5.74, 6) is 2.08. The number of nitrogens with one attached hydrogen (secondary N) is 1. The van der Waals surface area contributed by atoms with Gasteiger partial charge >= 0.3 is 0 Å². The molecule has 140 valence electrons. The summed E-state index contributed by atoms with van der Waals surface area (Å²) in [5.41, 5.74) is 1.52. The third-order valence-corrected chi connectivity index (χ3v) is 4.10. The van der Waals surface area contributed by atoms with E-state index in [0.717, 1.165) is 5.56 Å². The second kappa shape index (κ2) is 9.20. The molecule has 2 aromatic rings. The van der Waals surface area contributed by atoms with Crippen LogP contribution in [0.2, 0.25) is 5.02 Å². The molecule has 0 aliphatic heterocycles. The lowest BCUT2D eigenvalue weighted by molar-refractivity contribution is -0.116. The second-order valence-electron chi connectivity index (χ2n) is 5.43. The van der Waals surface area contributed by atoms with Crippen molar-refractivity contribution in [2.45, 2.75) is 12.8 Å². The molecular weight excluding hydrogens is 358 g/mol. The number of benzene rings is 2. The topological polar surface area (TPSA) is 66.0 Å². The van der Waals surface area contributed by atoms with Crippen LogP contribution >= 0.6 is 11.6 Å². The van der Waals surface area contributed by atoms with Crippen LogP contribution in [0.4, 0.5) is 5.69 Å². The van der Waals surface area contributed by atoms with Crippen LogP contribution in [-0.2, 0) is 11.2 Å². The van der Waals surface area contributed by atoms with E-state index in [9.17, 15) is 4.79 Å². The zero-order valence-corrected chi connectivity index (χ0v) is 16.0. The number of amides is 1. The van der Waals surface area contributed by atoms with Crippen LogP contribution in [-0.4, -0.2) is 34.3 Å². The minimum absolute atomic E-state index is 0.125. The van der Waals surface area contributed by atoms with Gasteiger partial charge in [0, 0.05) is 12.1 Å². The Bertz CT molecular complexity index is 754. The number of methoxy groups -OCH3 is 4. The van der Waals surface area contributed by atoms with Gasteiger partial charge in [0.1, 0.15) is 5.75 Å². The van der Waals surface area contributed by atoms with Crippen LogP contribution in [0.3, 0.4) is 0 Å². The minimum atomic E-state index is -0.125. The number of ether oxygens (including phenoxy) is 4. The molecule has 0 heterocycles. The van der Waals surface area contributed by atoms with Gasteiger partial charge in [-0.2, -0.15) is 0 Å². The zero-order chi connectivity index (χ0) is 19.1.